The maximum atomic E-state index is 14.9. The highest BCUT2D eigenvalue weighted by molar-refractivity contribution is 5.99. The Morgan fingerprint density at radius 3 is 2.59 bits per heavy atom. The van der Waals surface area contributed by atoms with Crippen molar-refractivity contribution in [3.05, 3.63) is 94.6 Å². The van der Waals surface area contributed by atoms with Gasteiger partial charge >= 0.3 is 0 Å². The van der Waals surface area contributed by atoms with Crippen LogP contribution in [0.1, 0.15) is 38.9 Å². The van der Waals surface area contributed by atoms with E-state index in [2.05, 4.69) is 16.3 Å². The summed E-state index contributed by atoms with van der Waals surface area (Å²) in [6, 6.07) is 18.0. The number of hydrogen-bond donors (Lipinski definition) is 1. The molecule has 0 unspecified atom stereocenters. The molecule has 1 saturated heterocycles. The molecule has 7 heteroatoms. The first-order valence-corrected chi connectivity index (χ1v) is 12.4. The predicted octanol–water partition coefficient (Wildman–Crippen LogP) is 4.99. The number of carbonyl (C=O) groups is 1. The number of rotatable bonds is 9. The van der Waals surface area contributed by atoms with Crippen LogP contribution in [0.4, 0.5) is 8.78 Å². The molecule has 0 spiro atoms. The van der Waals surface area contributed by atoms with Gasteiger partial charge in [-0.25, -0.2) is 8.78 Å². The Kier molecular flexibility index (Phi) is 8.56. The van der Waals surface area contributed by atoms with E-state index in [1.807, 2.05) is 13.1 Å². The Morgan fingerprint density at radius 2 is 1.86 bits per heavy atom. The van der Waals surface area contributed by atoms with Crippen molar-refractivity contribution in [2.45, 2.75) is 18.8 Å². The van der Waals surface area contributed by atoms with Crippen LogP contribution in [0.2, 0.25) is 0 Å². The predicted molar refractivity (Wildman–Crippen MR) is 140 cm³/mol. The van der Waals surface area contributed by atoms with Gasteiger partial charge in [-0.1, -0.05) is 36.4 Å². The number of hydrogen-bond acceptors (Lipinski definition) is 5. The van der Waals surface area contributed by atoms with Crippen molar-refractivity contribution in [3.8, 4) is 11.5 Å². The molecule has 1 N–H and O–H groups in total. The summed E-state index contributed by atoms with van der Waals surface area (Å²) in [6.45, 7) is 4.21. The second-order valence-electron chi connectivity index (χ2n) is 9.43. The molecule has 0 aliphatic carbocycles. The summed E-state index contributed by atoms with van der Waals surface area (Å²) >= 11 is 0. The Bertz CT molecular complexity index is 1250. The third kappa shape index (κ3) is 5.53. The highest BCUT2D eigenvalue weighted by Crippen LogP contribution is 2.48. The van der Waals surface area contributed by atoms with Crippen LogP contribution >= 0.6 is 0 Å². The topological polar surface area (TPSA) is 50.8 Å². The van der Waals surface area contributed by atoms with E-state index in [4.69, 9.17) is 9.47 Å². The van der Waals surface area contributed by atoms with Crippen molar-refractivity contribution >= 4 is 5.78 Å². The van der Waals surface area contributed by atoms with Gasteiger partial charge in [0.2, 0.25) is 0 Å². The van der Waals surface area contributed by atoms with Gasteiger partial charge in [-0.05, 0) is 43.3 Å². The van der Waals surface area contributed by atoms with Gasteiger partial charge in [0.05, 0.1) is 14.2 Å². The molecule has 4 rings (SSSR count). The van der Waals surface area contributed by atoms with Crippen LogP contribution in [-0.4, -0.2) is 58.1 Å². The third-order valence-electron chi connectivity index (χ3n) is 7.35. The monoisotopic (exact) mass is 507 g/mol. The summed E-state index contributed by atoms with van der Waals surface area (Å²) in [7, 11) is 4.87. The summed E-state index contributed by atoms with van der Waals surface area (Å²) in [5, 5.41) is 3.17. The zero-order valence-electron chi connectivity index (χ0n) is 21.7. The molecule has 3 aromatic rings. The molecule has 1 heterocycles. The van der Waals surface area contributed by atoms with E-state index in [0.29, 0.717) is 42.1 Å². The molecule has 1 radical (unpaired) electrons. The van der Waals surface area contributed by atoms with E-state index in [9.17, 15) is 13.6 Å². The summed E-state index contributed by atoms with van der Waals surface area (Å²) < 4.78 is 40.5. The van der Waals surface area contributed by atoms with Gasteiger partial charge in [-0.2, -0.15) is 0 Å². The van der Waals surface area contributed by atoms with Gasteiger partial charge in [0.1, 0.15) is 11.6 Å². The minimum Gasteiger partial charge on any atom is -0.497 e. The summed E-state index contributed by atoms with van der Waals surface area (Å²) in [5.41, 5.74) is 2.41. The van der Waals surface area contributed by atoms with Crippen molar-refractivity contribution in [1.29, 1.82) is 0 Å². The van der Waals surface area contributed by atoms with E-state index < -0.39 is 17.7 Å². The lowest BCUT2D eigenvalue weighted by Crippen LogP contribution is -2.48. The van der Waals surface area contributed by atoms with Crippen molar-refractivity contribution in [2.24, 2.45) is 5.92 Å². The molecular formula is C30H33F2N2O3. The number of carbonyl (C=O) groups excluding carboxylic acids is 1. The van der Waals surface area contributed by atoms with Crippen LogP contribution in [-0.2, 0) is 0 Å². The average molecular weight is 508 g/mol. The molecule has 5 nitrogen and oxygen atoms in total. The fourth-order valence-corrected chi connectivity index (χ4v) is 5.51. The molecule has 37 heavy (non-hydrogen) atoms. The van der Waals surface area contributed by atoms with E-state index in [1.54, 1.807) is 50.4 Å². The Hall–Kier alpha value is -3.29. The van der Waals surface area contributed by atoms with E-state index in [1.165, 1.54) is 19.2 Å². The van der Waals surface area contributed by atoms with Crippen molar-refractivity contribution < 1.29 is 23.0 Å². The number of Topliss-reactive ketones (excluding diaryl/α,β-unsaturated/α-hetero) is 1. The number of likely N-dealkylation sites (tertiary alicyclic amines) is 1. The SMILES string of the molecule is CNCCN1C[C@H](C(=O)c2cccc(OC)c2)[C@H](c2cccc(F)c2C)[C@@H](c2cc[c]c(F)c2OC)C1. The molecule has 0 bridgehead atoms. The standard InChI is InChI=1S/C30H33F2N2O3/c1-19-22(10-6-12-26(19)31)28-24(23-11-7-13-27(32)30(23)37-4)17-34(15-14-33-2)18-25(28)29(35)20-8-5-9-21(16-20)36-3/h5-12,16,24-25,28,33H,14-15,17-18H2,1-4H3/t24-,25+,28-/m1/s1. The first-order valence-electron chi connectivity index (χ1n) is 12.4. The maximum absolute atomic E-state index is 14.9. The van der Waals surface area contributed by atoms with E-state index >= 15 is 0 Å². The summed E-state index contributed by atoms with van der Waals surface area (Å²) in [6.07, 6.45) is 0. The molecule has 195 valence electrons. The van der Waals surface area contributed by atoms with Gasteiger partial charge in [0.25, 0.3) is 0 Å². The van der Waals surface area contributed by atoms with Gasteiger partial charge in [0, 0.05) is 61.1 Å². The minimum atomic E-state index is -0.585. The number of piperidine rings is 1. The normalized spacial score (nSPS) is 20.0. The number of likely N-dealkylation sites (N-methyl/N-ethyl adjacent to an activating group) is 1. The number of nitrogens with zero attached hydrogens (tertiary/aromatic N) is 1. The second kappa shape index (κ2) is 11.8. The van der Waals surface area contributed by atoms with Gasteiger partial charge in [-0.15, -0.1) is 0 Å². The fourth-order valence-electron chi connectivity index (χ4n) is 5.51. The first-order chi connectivity index (χ1) is 17.9. The lowest BCUT2D eigenvalue weighted by molar-refractivity contribution is 0.0739. The average Bonchev–Trinajstić information content (AvgIpc) is 2.92. The molecule has 0 saturated carbocycles. The maximum Gasteiger partial charge on any atom is 0.173 e. The van der Waals surface area contributed by atoms with Crippen LogP contribution in [0, 0.1) is 30.5 Å². The van der Waals surface area contributed by atoms with Gasteiger partial charge < -0.3 is 19.7 Å². The smallest absolute Gasteiger partial charge is 0.173 e. The highest BCUT2D eigenvalue weighted by Gasteiger charge is 2.44. The number of nitrogens with one attached hydrogen (secondary N) is 1. The van der Waals surface area contributed by atoms with Crippen molar-refractivity contribution in [1.82, 2.24) is 10.2 Å². The fraction of sp³-hybridized carbons (Fsp3) is 0.367. The quantitative estimate of drug-likeness (QED) is 0.414. The van der Waals surface area contributed by atoms with Crippen LogP contribution in [0.5, 0.6) is 11.5 Å². The minimum absolute atomic E-state index is 0.0614. The number of methoxy groups -OCH3 is 2. The highest BCUT2D eigenvalue weighted by atomic mass is 19.1. The molecule has 3 aromatic carbocycles. The van der Waals surface area contributed by atoms with E-state index in [0.717, 1.165) is 12.1 Å². The van der Waals surface area contributed by atoms with Crippen molar-refractivity contribution in [2.75, 3.05) is 47.4 Å². The largest absolute Gasteiger partial charge is 0.497 e. The number of ether oxygens (including phenoxy) is 2. The Labute approximate surface area is 217 Å². The summed E-state index contributed by atoms with van der Waals surface area (Å²) in [5.74, 6) is -1.53. The lowest BCUT2D eigenvalue weighted by Gasteiger charge is -2.44. The lowest BCUT2D eigenvalue weighted by atomic mass is 9.67. The molecule has 3 atom stereocenters. The van der Waals surface area contributed by atoms with Gasteiger partial charge in [0.15, 0.2) is 17.3 Å². The first kappa shape index (κ1) is 26.8. The molecule has 1 aliphatic heterocycles. The molecule has 0 aromatic heterocycles. The number of benzene rings is 3. The second-order valence-corrected chi connectivity index (χ2v) is 9.43. The number of ketones is 1. The molecular weight excluding hydrogens is 474 g/mol. The number of halogens is 2. The Balaban J connectivity index is 1.91. The third-order valence-corrected chi connectivity index (χ3v) is 7.35. The van der Waals surface area contributed by atoms with Crippen LogP contribution in [0.3, 0.4) is 0 Å². The molecule has 1 fully saturated rings. The van der Waals surface area contributed by atoms with Gasteiger partial charge in [-0.3, -0.25) is 4.79 Å². The zero-order chi connectivity index (χ0) is 26.5. The molecule has 1 aliphatic rings. The van der Waals surface area contributed by atoms with Crippen LogP contribution in [0.15, 0.2) is 54.6 Å². The Morgan fingerprint density at radius 1 is 1.08 bits per heavy atom. The summed E-state index contributed by atoms with van der Waals surface area (Å²) in [4.78, 5) is 16.4. The zero-order valence-corrected chi connectivity index (χ0v) is 21.7. The van der Waals surface area contributed by atoms with E-state index in [-0.39, 0.29) is 23.3 Å². The van der Waals surface area contributed by atoms with Crippen LogP contribution < -0.4 is 14.8 Å². The van der Waals surface area contributed by atoms with Crippen molar-refractivity contribution in [3.63, 3.8) is 0 Å². The molecule has 0 amide bonds. The van der Waals surface area contributed by atoms with Crippen LogP contribution in [0.25, 0.3) is 0 Å².